The largest absolute Gasteiger partial charge is 0.308 e. The number of rotatable bonds is 8. The van der Waals surface area contributed by atoms with Gasteiger partial charge >= 0.3 is 0 Å². The minimum Gasteiger partial charge on any atom is -0.308 e. The SMILES string of the molecule is C=C(/C=C\C=C/C)CNCc1cc2ccc(Cl)cc2n(CCC)c1=O.CC. The maximum absolute atomic E-state index is 12.8. The van der Waals surface area contributed by atoms with Crippen molar-refractivity contribution in [1.29, 1.82) is 0 Å². The van der Waals surface area contributed by atoms with E-state index in [4.69, 9.17) is 11.6 Å². The van der Waals surface area contributed by atoms with Crippen LogP contribution in [-0.4, -0.2) is 11.1 Å². The Bertz CT molecular complexity index is 863. The van der Waals surface area contributed by atoms with Crippen LogP contribution in [-0.2, 0) is 13.1 Å². The predicted molar refractivity (Wildman–Crippen MR) is 120 cm³/mol. The van der Waals surface area contributed by atoms with Crippen molar-refractivity contribution in [2.24, 2.45) is 0 Å². The van der Waals surface area contributed by atoms with E-state index >= 15 is 0 Å². The summed E-state index contributed by atoms with van der Waals surface area (Å²) < 4.78 is 1.82. The number of halogens is 1. The molecule has 0 radical (unpaired) electrons. The van der Waals surface area contributed by atoms with Crippen LogP contribution in [0.25, 0.3) is 10.9 Å². The third-order valence-corrected chi connectivity index (χ3v) is 4.12. The summed E-state index contributed by atoms with van der Waals surface area (Å²) in [7, 11) is 0. The summed E-state index contributed by atoms with van der Waals surface area (Å²) in [5, 5.41) is 4.97. The standard InChI is InChI=1S/C21H25ClN2O.C2H6/c1-4-6-7-8-16(3)14-23-15-18-12-17-9-10-19(22)13-20(17)24(11-5-2)21(18)25;1-2/h4,6-10,12-13,23H,3,5,11,14-15H2,1-2H3;1-2H3/b6-4-,8-7-;. The monoisotopic (exact) mass is 386 g/mol. The number of benzene rings is 1. The summed E-state index contributed by atoms with van der Waals surface area (Å²) in [4.78, 5) is 12.8. The molecule has 0 saturated carbocycles. The molecule has 2 rings (SSSR count). The lowest BCUT2D eigenvalue weighted by molar-refractivity contribution is 0.658. The summed E-state index contributed by atoms with van der Waals surface area (Å²) in [5.74, 6) is 0. The van der Waals surface area contributed by atoms with Crippen molar-refractivity contribution < 1.29 is 0 Å². The molecule has 3 nitrogen and oxygen atoms in total. The van der Waals surface area contributed by atoms with Gasteiger partial charge in [-0.3, -0.25) is 4.79 Å². The van der Waals surface area contributed by atoms with E-state index in [-0.39, 0.29) is 5.56 Å². The molecule has 0 aliphatic carbocycles. The normalized spacial score (nSPS) is 11.1. The number of aromatic nitrogens is 1. The molecular formula is C23H31ClN2O. The van der Waals surface area contributed by atoms with Gasteiger partial charge in [0, 0.05) is 30.2 Å². The number of nitrogens with one attached hydrogen (secondary N) is 1. The molecule has 146 valence electrons. The lowest BCUT2D eigenvalue weighted by Gasteiger charge is -2.13. The lowest BCUT2D eigenvalue weighted by Crippen LogP contribution is -2.28. The van der Waals surface area contributed by atoms with Crippen molar-refractivity contribution in [3.05, 3.63) is 81.7 Å². The van der Waals surface area contributed by atoms with Crippen LogP contribution in [0.15, 0.2) is 65.5 Å². The number of fused-ring (bicyclic) bond motifs is 1. The number of hydrogen-bond donors (Lipinski definition) is 1. The van der Waals surface area contributed by atoms with E-state index in [9.17, 15) is 4.79 Å². The molecule has 0 bridgehead atoms. The Morgan fingerprint density at radius 3 is 2.67 bits per heavy atom. The van der Waals surface area contributed by atoms with E-state index in [1.807, 2.05) is 73.9 Å². The van der Waals surface area contributed by atoms with Gasteiger partial charge in [0.25, 0.3) is 5.56 Å². The van der Waals surface area contributed by atoms with Crippen LogP contribution in [0.5, 0.6) is 0 Å². The topological polar surface area (TPSA) is 34.0 Å². The van der Waals surface area contributed by atoms with Gasteiger partial charge < -0.3 is 9.88 Å². The smallest absolute Gasteiger partial charge is 0.255 e. The molecule has 4 heteroatoms. The Balaban J connectivity index is 0.00000176. The first-order valence-corrected chi connectivity index (χ1v) is 9.94. The van der Waals surface area contributed by atoms with Crippen molar-refractivity contribution in [2.45, 2.75) is 47.2 Å². The Morgan fingerprint density at radius 2 is 2.00 bits per heavy atom. The highest BCUT2D eigenvalue weighted by Crippen LogP contribution is 2.19. The molecule has 0 atom stereocenters. The Hall–Kier alpha value is -2.10. The molecule has 1 aromatic carbocycles. The number of nitrogens with zero attached hydrogens (tertiary/aromatic N) is 1. The molecule has 0 fully saturated rings. The second-order valence-corrected chi connectivity index (χ2v) is 6.41. The molecule has 1 aromatic heterocycles. The zero-order chi connectivity index (χ0) is 20.2. The minimum atomic E-state index is 0.0409. The van der Waals surface area contributed by atoms with Crippen LogP contribution in [0.2, 0.25) is 5.02 Å². The van der Waals surface area contributed by atoms with Gasteiger partial charge in [0.2, 0.25) is 0 Å². The first-order chi connectivity index (χ1) is 13.1. The van der Waals surface area contributed by atoms with E-state index in [0.29, 0.717) is 24.7 Å². The first kappa shape index (κ1) is 22.9. The zero-order valence-corrected chi connectivity index (χ0v) is 17.6. The Labute approximate surface area is 168 Å². The average molecular weight is 387 g/mol. The van der Waals surface area contributed by atoms with Gasteiger partial charge in [-0.1, -0.05) is 69.3 Å². The van der Waals surface area contributed by atoms with Gasteiger partial charge in [0.15, 0.2) is 0 Å². The Morgan fingerprint density at radius 1 is 1.26 bits per heavy atom. The van der Waals surface area contributed by atoms with Gasteiger partial charge in [-0.05, 0) is 42.5 Å². The van der Waals surface area contributed by atoms with Crippen LogP contribution in [0.3, 0.4) is 0 Å². The second-order valence-electron chi connectivity index (χ2n) is 5.98. The van der Waals surface area contributed by atoms with E-state index in [1.165, 1.54) is 0 Å². The van der Waals surface area contributed by atoms with Crippen LogP contribution in [0.1, 0.15) is 39.7 Å². The molecule has 0 aliphatic heterocycles. The summed E-state index contributed by atoms with van der Waals surface area (Å²) in [6.45, 7) is 13.9. The van der Waals surface area contributed by atoms with Crippen LogP contribution < -0.4 is 10.9 Å². The molecule has 0 aliphatic rings. The number of allylic oxidation sites excluding steroid dienone is 3. The van der Waals surface area contributed by atoms with Crippen LogP contribution in [0, 0.1) is 0 Å². The van der Waals surface area contributed by atoms with Gasteiger partial charge in [-0.25, -0.2) is 0 Å². The molecule has 0 saturated heterocycles. The molecule has 0 spiro atoms. The van der Waals surface area contributed by atoms with Gasteiger partial charge in [0.1, 0.15) is 0 Å². The second kappa shape index (κ2) is 12.3. The lowest BCUT2D eigenvalue weighted by atomic mass is 10.1. The van der Waals surface area contributed by atoms with Gasteiger partial charge in [-0.2, -0.15) is 0 Å². The molecule has 0 unspecified atom stereocenters. The van der Waals surface area contributed by atoms with E-state index in [2.05, 4.69) is 18.8 Å². The summed E-state index contributed by atoms with van der Waals surface area (Å²) in [6.07, 6.45) is 8.74. The first-order valence-electron chi connectivity index (χ1n) is 9.56. The fourth-order valence-electron chi connectivity index (χ4n) is 2.70. The fourth-order valence-corrected chi connectivity index (χ4v) is 2.86. The highest BCUT2D eigenvalue weighted by Gasteiger charge is 2.09. The number of aryl methyl sites for hydroxylation is 1. The predicted octanol–water partition coefficient (Wildman–Crippen LogP) is 5.87. The van der Waals surface area contributed by atoms with Crippen LogP contribution in [0.4, 0.5) is 0 Å². The van der Waals surface area contributed by atoms with Crippen molar-refractivity contribution >= 4 is 22.5 Å². The van der Waals surface area contributed by atoms with E-state index < -0.39 is 0 Å². The van der Waals surface area contributed by atoms with Crippen molar-refractivity contribution in [3.8, 4) is 0 Å². The highest BCUT2D eigenvalue weighted by atomic mass is 35.5. The van der Waals surface area contributed by atoms with Gasteiger partial charge in [-0.15, -0.1) is 0 Å². The molecule has 27 heavy (non-hydrogen) atoms. The zero-order valence-electron chi connectivity index (χ0n) is 16.9. The van der Waals surface area contributed by atoms with Crippen molar-refractivity contribution in [3.63, 3.8) is 0 Å². The fraction of sp³-hybridized carbons (Fsp3) is 0.348. The van der Waals surface area contributed by atoms with Crippen LogP contribution >= 0.6 is 11.6 Å². The minimum absolute atomic E-state index is 0.0409. The molecule has 2 aromatic rings. The third kappa shape index (κ3) is 6.85. The Kier molecular flexibility index (Phi) is 10.5. The highest BCUT2D eigenvalue weighted by molar-refractivity contribution is 6.31. The van der Waals surface area contributed by atoms with E-state index in [0.717, 1.165) is 28.5 Å². The number of pyridine rings is 1. The maximum atomic E-state index is 12.8. The molecule has 1 N–H and O–H groups in total. The summed E-state index contributed by atoms with van der Waals surface area (Å²) in [6, 6.07) is 7.63. The average Bonchev–Trinajstić information content (AvgIpc) is 2.67. The summed E-state index contributed by atoms with van der Waals surface area (Å²) >= 11 is 6.10. The molecular weight excluding hydrogens is 356 g/mol. The number of hydrogen-bond acceptors (Lipinski definition) is 2. The maximum Gasteiger partial charge on any atom is 0.255 e. The molecule has 0 amide bonds. The summed E-state index contributed by atoms with van der Waals surface area (Å²) in [5.41, 5.74) is 2.66. The van der Waals surface area contributed by atoms with Crippen molar-refractivity contribution in [2.75, 3.05) is 6.54 Å². The van der Waals surface area contributed by atoms with Gasteiger partial charge in [0.05, 0.1) is 5.52 Å². The third-order valence-electron chi connectivity index (χ3n) is 3.88. The van der Waals surface area contributed by atoms with Crippen molar-refractivity contribution in [1.82, 2.24) is 9.88 Å². The quantitative estimate of drug-likeness (QED) is 0.575. The van der Waals surface area contributed by atoms with E-state index in [1.54, 1.807) is 0 Å². The molecule has 1 heterocycles.